The lowest BCUT2D eigenvalue weighted by Crippen LogP contribution is -2.25. The fourth-order valence-corrected chi connectivity index (χ4v) is 3.66. The van der Waals surface area contributed by atoms with Crippen LogP contribution >= 0.6 is 0 Å². The Kier molecular flexibility index (Phi) is 4.76. The van der Waals surface area contributed by atoms with Crippen molar-refractivity contribution in [3.05, 3.63) is 42.5 Å². The third-order valence-corrected chi connectivity index (χ3v) is 5.24. The molecule has 1 fully saturated rings. The molecule has 23 heavy (non-hydrogen) atoms. The monoisotopic (exact) mass is 332 g/mol. The van der Waals surface area contributed by atoms with E-state index in [0.717, 1.165) is 31.7 Å². The molecule has 0 aliphatic carbocycles. The van der Waals surface area contributed by atoms with Crippen LogP contribution in [0.15, 0.2) is 47.4 Å². The Morgan fingerprint density at radius 2 is 1.57 bits per heavy atom. The highest BCUT2D eigenvalue weighted by molar-refractivity contribution is 7.92. The van der Waals surface area contributed by atoms with E-state index in [9.17, 15) is 8.42 Å². The van der Waals surface area contributed by atoms with Gasteiger partial charge >= 0.3 is 0 Å². The molecule has 122 valence electrons. The lowest BCUT2D eigenvalue weighted by molar-refractivity contribution is 0.601. The summed E-state index contributed by atoms with van der Waals surface area (Å²) in [5.74, 6) is 1.03. The molecule has 3 rings (SSSR count). The van der Waals surface area contributed by atoms with Gasteiger partial charge < -0.3 is 4.90 Å². The summed E-state index contributed by atoms with van der Waals surface area (Å²) in [4.78, 5) is 2.41. The molecule has 0 atom stereocenters. The Balaban J connectivity index is 1.72. The van der Waals surface area contributed by atoms with Crippen LogP contribution in [0.25, 0.3) is 0 Å². The topological polar surface area (TPSA) is 75.2 Å². The summed E-state index contributed by atoms with van der Waals surface area (Å²) in [5, 5.41) is 8.18. The minimum Gasteiger partial charge on any atom is -0.355 e. The minimum absolute atomic E-state index is 0.207. The molecule has 1 aromatic heterocycles. The molecule has 2 heterocycles. The molecule has 0 radical (unpaired) electrons. The molecule has 1 saturated heterocycles. The fraction of sp³-hybridized carbons (Fsp3) is 0.375. The van der Waals surface area contributed by atoms with Crippen molar-refractivity contribution < 1.29 is 8.42 Å². The number of nitrogens with one attached hydrogen (secondary N) is 1. The van der Waals surface area contributed by atoms with Gasteiger partial charge in [0.25, 0.3) is 10.0 Å². The Labute approximate surface area is 136 Å². The largest absolute Gasteiger partial charge is 0.355 e. The van der Waals surface area contributed by atoms with Crippen LogP contribution in [0.1, 0.15) is 25.7 Å². The van der Waals surface area contributed by atoms with E-state index >= 15 is 0 Å². The molecular formula is C16H20N4O2S. The molecule has 1 aliphatic rings. The van der Waals surface area contributed by atoms with Gasteiger partial charge in [-0.1, -0.05) is 31.0 Å². The van der Waals surface area contributed by atoms with Gasteiger partial charge in [0.05, 0.1) is 4.90 Å². The number of rotatable bonds is 4. The van der Waals surface area contributed by atoms with Crippen molar-refractivity contribution in [2.45, 2.75) is 30.6 Å². The van der Waals surface area contributed by atoms with Gasteiger partial charge in [-0.25, -0.2) is 8.42 Å². The number of sulfonamides is 1. The number of nitrogens with zero attached hydrogens (tertiary/aromatic N) is 3. The highest BCUT2D eigenvalue weighted by atomic mass is 32.2. The first-order chi connectivity index (χ1) is 11.1. The van der Waals surface area contributed by atoms with E-state index in [-0.39, 0.29) is 10.7 Å². The van der Waals surface area contributed by atoms with E-state index in [1.807, 2.05) is 6.07 Å². The van der Waals surface area contributed by atoms with Crippen molar-refractivity contribution in [3.8, 4) is 0 Å². The number of anilines is 2. The van der Waals surface area contributed by atoms with Crippen LogP contribution in [0.3, 0.4) is 0 Å². The second kappa shape index (κ2) is 6.95. The van der Waals surface area contributed by atoms with Gasteiger partial charge in [0.15, 0.2) is 11.6 Å². The predicted octanol–water partition coefficient (Wildman–Crippen LogP) is 2.66. The zero-order valence-corrected chi connectivity index (χ0v) is 13.7. The number of aromatic nitrogens is 2. The lowest BCUT2D eigenvalue weighted by Gasteiger charge is -2.20. The fourth-order valence-electron chi connectivity index (χ4n) is 2.64. The molecule has 6 nitrogen and oxygen atoms in total. The van der Waals surface area contributed by atoms with E-state index in [4.69, 9.17) is 0 Å². The molecule has 1 aromatic carbocycles. The summed E-state index contributed by atoms with van der Waals surface area (Å²) in [7, 11) is -3.62. The second-order valence-electron chi connectivity index (χ2n) is 5.60. The van der Waals surface area contributed by atoms with Gasteiger partial charge in [-0.15, -0.1) is 10.2 Å². The molecule has 1 N–H and O–H groups in total. The first-order valence-electron chi connectivity index (χ1n) is 7.82. The quantitative estimate of drug-likeness (QED) is 0.931. The van der Waals surface area contributed by atoms with Crippen molar-refractivity contribution in [1.29, 1.82) is 0 Å². The van der Waals surface area contributed by atoms with E-state index in [1.54, 1.807) is 36.4 Å². The van der Waals surface area contributed by atoms with Gasteiger partial charge in [0.2, 0.25) is 0 Å². The highest BCUT2D eigenvalue weighted by Crippen LogP contribution is 2.19. The van der Waals surface area contributed by atoms with Gasteiger partial charge in [-0.05, 0) is 37.1 Å². The zero-order valence-electron chi connectivity index (χ0n) is 12.9. The van der Waals surface area contributed by atoms with Crippen LogP contribution < -0.4 is 9.62 Å². The maximum absolute atomic E-state index is 12.2. The van der Waals surface area contributed by atoms with Gasteiger partial charge in [-0.2, -0.15) is 0 Å². The SMILES string of the molecule is O=S(=O)(Nc1ccc(N2CCCCCC2)nn1)c1ccccc1. The van der Waals surface area contributed by atoms with Crippen LogP contribution in [-0.2, 0) is 10.0 Å². The maximum atomic E-state index is 12.2. The van der Waals surface area contributed by atoms with Crippen molar-refractivity contribution in [2.24, 2.45) is 0 Å². The summed E-state index contributed by atoms with van der Waals surface area (Å²) in [6.45, 7) is 1.95. The molecular weight excluding hydrogens is 312 g/mol. The molecule has 0 spiro atoms. The highest BCUT2D eigenvalue weighted by Gasteiger charge is 2.16. The van der Waals surface area contributed by atoms with E-state index in [0.29, 0.717) is 0 Å². The van der Waals surface area contributed by atoms with Crippen LogP contribution in [0.4, 0.5) is 11.6 Å². The van der Waals surface area contributed by atoms with E-state index in [2.05, 4.69) is 19.8 Å². The van der Waals surface area contributed by atoms with Crippen LogP contribution in [0, 0.1) is 0 Å². The van der Waals surface area contributed by atoms with Crippen molar-refractivity contribution in [3.63, 3.8) is 0 Å². The lowest BCUT2D eigenvalue weighted by atomic mass is 10.2. The normalized spacial score (nSPS) is 15.9. The summed E-state index contributed by atoms with van der Waals surface area (Å²) in [6, 6.07) is 11.7. The number of hydrogen-bond acceptors (Lipinski definition) is 5. The Morgan fingerprint density at radius 3 is 2.17 bits per heavy atom. The molecule has 7 heteroatoms. The van der Waals surface area contributed by atoms with Gasteiger partial charge in [0, 0.05) is 13.1 Å². The molecule has 2 aromatic rings. The maximum Gasteiger partial charge on any atom is 0.263 e. The predicted molar refractivity (Wildman–Crippen MR) is 90.0 cm³/mol. The summed E-state index contributed by atoms with van der Waals surface area (Å²) in [6.07, 6.45) is 4.81. The zero-order chi connectivity index (χ0) is 16.1. The van der Waals surface area contributed by atoms with Gasteiger partial charge in [-0.3, -0.25) is 4.72 Å². The van der Waals surface area contributed by atoms with Crippen molar-refractivity contribution in [2.75, 3.05) is 22.7 Å². The molecule has 1 aliphatic heterocycles. The number of hydrogen-bond donors (Lipinski definition) is 1. The standard InChI is InChI=1S/C16H20N4O2S/c21-23(22,14-8-4-3-5-9-14)19-15-10-11-16(18-17-15)20-12-6-1-2-7-13-20/h3-5,8-11H,1-2,6-7,12-13H2,(H,17,19). The first-order valence-corrected chi connectivity index (χ1v) is 9.30. The van der Waals surface area contributed by atoms with E-state index in [1.165, 1.54) is 12.8 Å². The first kappa shape index (κ1) is 15.7. The molecule has 0 unspecified atom stereocenters. The van der Waals surface area contributed by atoms with Crippen molar-refractivity contribution >= 4 is 21.7 Å². The van der Waals surface area contributed by atoms with Crippen molar-refractivity contribution in [1.82, 2.24) is 10.2 Å². The van der Waals surface area contributed by atoms with Crippen LogP contribution in [0.5, 0.6) is 0 Å². The minimum atomic E-state index is -3.62. The van der Waals surface area contributed by atoms with Crippen LogP contribution in [-0.4, -0.2) is 31.7 Å². The van der Waals surface area contributed by atoms with E-state index < -0.39 is 10.0 Å². The number of benzene rings is 1. The Hall–Kier alpha value is -2.15. The summed E-state index contributed by atoms with van der Waals surface area (Å²) < 4.78 is 26.9. The summed E-state index contributed by atoms with van der Waals surface area (Å²) in [5.41, 5.74) is 0. The Morgan fingerprint density at radius 1 is 0.870 bits per heavy atom. The smallest absolute Gasteiger partial charge is 0.263 e. The van der Waals surface area contributed by atoms with Gasteiger partial charge in [0.1, 0.15) is 0 Å². The third-order valence-electron chi connectivity index (χ3n) is 3.87. The molecule has 0 bridgehead atoms. The third kappa shape index (κ3) is 3.98. The summed E-state index contributed by atoms with van der Waals surface area (Å²) >= 11 is 0. The average Bonchev–Trinajstić information content (AvgIpc) is 2.85. The molecule has 0 amide bonds. The second-order valence-corrected chi connectivity index (χ2v) is 7.28. The Bertz CT molecular complexity index is 724. The van der Waals surface area contributed by atoms with Crippen LogP contribution in [0.2, 0.25) is 0 Å². The average molecular weight is 332 g/mol. The molecule has 0 saturated carbocycles.